The van der Waals surface area contributed by atoms with Crippen LogP contribution in [-0.4, -0.2) is 56.4 Å². The minimum atomic E-state index is -3.31. The largest absolute Gasteiger partial charge is 0.314 e. The molecule has 0 aromatic rings. The monoisotopic (exact) mass is 307 g/mol. The van der Waals surface area contributed by atoms with Gasteiger partial charge in [0, 0.05) is 30.9 Å². The van der Waals surface area contributed by atoms with Crippen molar-refractivity contribution in [2.45, 2.75) is 42.9 Å². The molecule has 0 aromatic heterocycles. The molecule has 112 valence electrons. The van der Waals surface area contributed by atoms with Crippen molar-refractivity contribution in [3.05, 3.63) is 0 Å². The number of nitrogens with one attached hydrogen (secondary N) is 2. The Bertz CT molecular complexity index is 392. The molecule has 2 fully saturated rings. The molecule has 0 heterocycles. The van der Waals surface area contributed by atoms with Crippen LogP contribution in [0, 0.1) is 0 Å². The molecule has 2 N–H and O–H groups in total. The first-order valence-corrected chi connectivity index (χ1v) is 9.63. The van der Waals surface area contributed by atoms with Crippen LogP contribution in [0.15, 0.2) is 0 Å². The lowest BCUT2D eigenvalue weighted by Gasteiger charge is -2.20. The highest BCUT2D eigenvalue weighted by Crippen LogP contribution is 2.46. The second kappa shape index (κ2) is 6.30. The summed E-state index contributed by atoms with van der Waals surface area (Å²) in [6, 6.07) is 0.691. The van der Waals surface area contributed by atoms with Crippen LogP contribution in [0.5, 0.6) is 0 Å². The van der Waals surface area contributed by atoms with E-state index in [2.05, 4.69) is 16.3 Å². The van der Waals surface area contributed by atoms with E-state index >= 15 is 0 Å². The molecule has 0 radical (unpaired) electrons. The average molecular weight is 307 g/mol. The third kappa shape index (κ3) is 4.90. The summed E-state index contributed by atoms with van der Waals surface area (Å²) < 4.78 is 28.4. The summed E-state index contributed by atoms with van der Waals surface area (Å²) in [5, 5.41) is 3.39. The Kier molecular flexibility index (Phi) is 5.16. The molecule has 0 bridgehead atoms. The first-order chi connectivity index (χ1) is 8.97. The molecule has 7 heteroatoms. The van der Waals surface area contributed by atoms with E-state index in [1.807, 2.05) is 0 Å². The second-order valence-corrected chi connectivity index (χ2v) is 8.75. The van der Waals surface area contributed by atoms with E-state index in [4.69, 9.17) is 0 Å². The highest BCUT2D eigenvalue weighted by molar-refractivity contribution is 8.00. The van der Waals surface area contributed by atoms with Gasteiger partial charge in [-0.3, -0.25) is 0 Å². The van der Waals surface area contributed by atoms with Gasteiger partial charge in [0.2, 0.25) is 0 Å². The van der Waals surface area contributed by atoms with E-state index in [-0.39, 0.29) is 4.75 Å². The lowest BCUT2D eigenvalue weighted by atomic mass is 10.4. The molecular weight excluding hydrogens is 282 g/mol. The average Bonchev–Trinajstić information content (AvgIpc) is 3.27. The van der Waals surface area contributed by atoms with Crippen LogP contribution in [0.3, 0.4) is 0 Å². The van der Waals surface area contributed by atoms with E-state index in [1.165, 1.54) is 17.1 Å². The van der Waals surface area contributed by atoms with Gasteiger partial charge in [-0.1, -0.05) is 0 Å². The predicted octanol–water partition coefficient (Wildman–Crippen LogP) is 0.790. The van der Waals surface area contributed by atoms with Crippen molar-refractivity contribution in [3.8, 4) is 0 Å². The molecule has 2 saturated carbocycles. The normalized spacial score (nSPS) is 21.8. The van der Waals surface area contributed by atoms with E-state index in [0.717, 1.165) is 25.8 Å². The molecule has 0 saturated heterocycles. The number of hydrogen-bond acceptors (Lipinski definition) is 4. The molecule has 2 rings (SSSR count). The number of rotatable bonds is 10. The number of nitrogens with zero attached hydrogens (tertiary/aromatic N) is 1. The van der Waals surface area contributed by atoms with Crippen molar-refractivity contribution >= 4 is 22.0 Å². The second-order valence-electron chi connectivity index (χ2n) is 5.62. The summed E-state index contributed by atoms with van der Waals surface area (Å²) in [5.41, 5.74) is 0. The van der Waals surface area contributed by atoms with Crippen LogP contribution >= 0.6 is 11.8 Å². The molecule has 0 atom stereocenters. The van der Waals surface area contributed by atoms with E-state index in [9.17, 15) is 8.42 Å². The van der Waals surface area contributed by atoms with Crippen molar-refractivity contribution < 1.29 is 8.42 Å². The fourth-order valence-electron chi connectivity index (χ4n) is 1.94. The van der Waals surface area contributed by atoms with Crippen LogP contribution in [0.2, 0.25) is 0 Å². The minimum absolute atomic E-state index is 0.168. The maximum atomic E-state index is 12.0. The molecule has 5 nitrogen and oxygen atoms in total. The van der Waals surface area contributed by atoms with Crippen molar-refractivity contribution in [1.82, 2.24) is 14.3 Å². The van der Waals surface area contributed by atoms with Crippen LogP contribution in [0.4, 0.5) is 0 Å². The van der Waals surface area contributed by atoms with Gasteiger partial charge < -0.3 is 5.32 Å². The minimum Gasteiger partial charge on any atom is -0.314 e. The summed E-state index contributed by atoms with van der Waals surface area (Å²) in [7, 11) is -1.66. The molecule has 0 aliphatic heterocycles. The highest BCUT2D eigenvalue weighted by atomic mass is 32.2. The van der Waals surface area contributed by atoms with Gasteiger partial charge in [-0.15, -0.1) is 0 Å². The summed E-state index contributed by atoms with van der Waals surface area (Å²) in [6.07, 6.45) is 7.69. The zero-order valence-corrected chi connectivity index (χ0v) is 13.4. The van der Waals surface area contributed by atoms with Gasteiger partial charge in [-0.25, -0.2) is 4.72 Å². The van der Waals surface area contributed by atoms with Gasteiger partial charge in [0.15, 0.2) is 0 Å². The Morgan fingerprint density at radius 3 is 2.58 bits per heavy atom. The van der Waals surface area contributed by atoms with E-state index < -0.39 is 10.2 Å². The van der Waals surface area contributed by atoms with Gasteiger partial charge in [0.1, 0.15) is 0 Å². The Labute approximate surface area is 121 Å². The SMILES string of the molecule is CSC1(CNS(=O)(=O)N(C)CCCNC2CC2)CC1. The van der Waals surface area contributed by atoms with Crippen LogP contribution in [0.25, 0.3) is 0 Å². The standard InChI is InChI=1S/C12H25N3O2S2/c1-15(9-3-8-13-11-4-5-11)19(16,17)14-10-12(18-2)6-7-12/h11,13-14H,3-10H2,1-2H3. The molecule has 2 aliphatic rings. The highest BCUT2D eigenvalue weighted by Gasteiger charge is 2.42. The summed E-state index contributed by atoms with van der Waals surface area (Å²) >= 11 is 1.77. The Morgan fingerprint density at radius 1 is 1.37 bits per heavy atom. The first-order valence-electron chi connectivity index (χ1n) is 6.97. The molecular formula is C12H25N3O2S2. The van der Waals surface area contributed by atoms with Gasteiger partial charge >= 0.3 is 0 Å². The first kappa shape index (κ1) is 15.6. The molecule has 0 amide bonds. The quantitative estimate of drug-likeness (QED) is 0.586. The molecule has 2 aliphatic carbocycles. The molecule has 0 spiro atoms. The lowest BCUT2D eigenvalue weighted by molar-refractivity contribution is 0.444. The summed E-state index contributed by atoms with van der Waals surface area (Å²) in [5.74, 6) is 0. The maximum absolute atomic E-state index is 12.0. The summed E-state index contributed by atoms with van der Waals surface area (Å²) in [4.78, 5) is 0. The fraction of sp³-hybridized carbons (Fsp3) is 1.00. The third-order valence-corrected chi connectivity index (χ3v) is 6.82. The lowest BCUT2D eigenvalue weighted by Crippen LogP contribution is -2.42. The third-order valence-electron chi connectivity index (χ3n) is 3.89. The topological polar surface area (TPSA) is 61.4 Å². The van der Waals surface area contributed by atoms with Crippen LogP contribution < -0.4 is 10.0 Å². The zero-order valence-electron chi connectivity index (χ0n) is 11.8. The fourth-order valence-corrected chi connectivity index (χ4v) is 3.81. The van der Waals surface area contributed by atoms with Gasteiger partial charge in [0.25, 0.3) is 10.2 Å². The van der Waals surface area contributed by atoms with Crippen LogP contribution in [0.1, 0.15) is 32.1 Å². The van der Waals surface area contributed by atoms with Gasteiger partial charge in [-0.2, -0.15) is 24.5 Å². The summed E-state index contributed by atoms with van der Waals surface area (Å²) in [6.45, 7) is 2.03. The van der Waals surface area contributed by atoms with Crippen LogP contribution in [-0.2, 0) is 10.2 Å². The van der Waals surface area contributed by atoms with Gasteiger partial charge in [0.05, 0.1) is 0 Å². The number of thioether (sulfide) groups is 1. The van der Waals surface area contributed by atoms with Crippen molar-refractivity contribution in [1.29, 1.82) is 0 Å². The Balaban J connectivity index is 1.65. The number of hydrogen-bond donors (Lipinski definition) is 2. The van der Waals surface area contributed by atoms with E-state index in [1.54, 1.807) is 18.8 Å². The Morgan fingerprint density at radius 2 is 2.05 bits per heavy atom. The van der Waals surface area contributed by atoms with Crippen molar-refractivity contribution in [2.75, 3.05) is 32.9 Å². The maximum Gasteiger partial charge on any atom is 0.279 e. The molecule has 0 aromatic carbocycles. The molecule has 0 unspecified atom stereocenters. The zero-order chi connectivity index (χ0) is 13.9. The van der Waals surface area contributed by atoms with Gasteiger partial charge in [-0.05, 0) is 44.9 Å². The van der Waals surface area contributed by atoms with E-state index in [0.29, 0.717) is 19.1 Å². The van der Waals surface area contributed by atoms with Crippen molar-refractivity contribution in [3.63, 3.8) is 0 Å². The molecule has 19 heavy (non-hydrogen) atoms. The smallest absolute Gasteiger partial charge is 0.279 e. The predicted molar refractivity (Wildman–Crippen MR) is 80.7 cm³/mol. The van der Waals surface area contributed by atoms with Crippen molar-refractivity contribution in [2.24, 2.45) is 0 Å². The Hall–Kier alpha value is 0.180.